The first-order valence-electron chi connectivity index (χ1n) is 5.99. The predicted molar refractivity (Wildman–Crippen MR) is 71.9 cm³/mol. The Hall–Kier alpha value is -0.720. The fourth-order valence-corrected chi connectivity index (χ4v) is 1.69. The molecule has 5 nitrogen and oxygen atoms in total. The molecule has 0 bridgehead atoms. The van der Waals surface area contributed by atoms with E-state index in [4.69, 9.17) is 14.2 Å². The third-order valence-corrected chi connectivity index (χ3v) is 2.55. The predicted octanol–water partition coefficient (Wildman–Crippen LogP) is 2.23. The van der Waals surface area contributed by atoms with Crippen molar-refractivity contribution in [2.24, 2.45) is 0 Å². The van der Waals surface area contributed by atoms with Gasteiger partial charge < -0.3 is 14.2 Å². The Balaban J connectivity index is 2.20. The second-order valence-corrected chi connectivity index (χ2v) is 4.42. The average Bonchev–Trinajstić information content (AvgIpc) is 2.37. The number of rotatable bonds is 9. The number of aromatic nitrogens is 2. The summed E-state index contributed by atoms with van der Waals surface area (Å²) >= 11 is 3.33. The molecule has 0 spiro atoms. The topological polar surface area (TPSA) is 53.5 Å². The van der Waals surface area contributed by atoms with Gasteiger partial charge in [0.05, 0.1) is 6.61 Å². The molecule has 1 rings (SSSR count). The summed E-state index contributed by atoms with van der Waals surface area (Å²) in [5.74, 6) is 1.34. The Morgan fingerprint density at radius 2 is 2.00 bits per heavy atom. The molecule has 0 amide bonds. The molecule has 1 heterocycles. The van der Waals surface area contributed by atoms with Crippen molar-refractivity contribution in [1.82, 2.24) is 9.97 Å². The van der Waals surface area contributed by atoms with Crippen molar-refractivity contribution >= 4 is 15.9 Å². The molecule has 0 saturated heterocycles. The summed E-state index contributed by atoms with van der Waals surface area (Å²) in [4.78, 5) is 8.47. The maximum Gasteiger partial charge on any atom is 0.217 e. The zero-order valence-electron chi connectivity index (χ0n) is 10.8. The van der Waals surface area contributed by atoms with Gasteiger partial charge in [0, 0.05) is 32.8 Å². The van der Waals surface area contributed by atoms with Gasteiger partial charge in [-0.25, -0.2) is 4.98 Å². The zero-order valence-corrected chi connectivity index (χ0v) is 12.4. The summed E-state index contributed by atoms with van der Waals surface area (Å²) in [5.41, 5.74) is 0. The van der Waals surface area contributed by atoms with Crippen molar-refractivity contribution in [3.8, 4) is 5.88 Å². The number of halogens is 1. The van der Waals surface area contributed by atoms with Gasteiger partial charge in [0.25, 0.3) is 0 Å². The number of nitrogens with zero attached hydrogens (tertiary/aromatic N) is 2. The summed E-state index contributed by atoms with van der Waals surface area (Å²) in [7, 11) is 1.68. The molecule has 0 fully saturated rings. The summed E-state index contributed by atoms with van der Waals surface area (Å²) in [6.07, 6.45) is 1.68. The van der Waals surface area contributed by atoms with Crippen molar-refractivity contribution in [3.63, 3.8) is 0 Å². The Morgan fingerprint density at radius 1 is 1.17 bits per heavy atom. The maximum absolute atomic E-state index is 5.50. The second-order valence-electron chi connectivity index (χ2n) is 3.61. The van der Waals surface area contributed by atoms with Crippen LogP contribution in [0.1, 0.15) is 19.2 Å². The van der Waals surface area contributed by atoms with E-state index in [2.05, 4.69) is 25.9 Å². The molecule has 18 heavy (non-hydrogen) atoms. The third-order valence-electron chi connectivity index (χ3n) is 2.15. The minimum absolute atomic E-state index is 0.486. The summed E-state index contributed by atoms with van der Waals surface area (Å²) in [5, 5.41) is 0. The van der Waals surface area contributed by atoms with Crippen molar-refractivity contribution < 1.29 is 14.2 Å². The van der Waals surface area contributed by atoms with Crippen molar-refractivity contribution in [1.29, 1.82) is 0 Å². The molecule has 0 aliphatic rings. The summed E-state index contributed by atoms with van der Waals surface area (Å²) in [6, 6.07) is 1.75. The van der Waals surface area contributed by atoms with E-state index in [1.807, 2.05) is 6.92 Å². The minimum atomic E-state index is 0.486. The highest BCUT2D eigenvalue weighted by atomic mass is 79.9. The average molecular weight is 319 g/mol. The lowest BCUT2D eigenvalue weighted by Crippen LogP contribution is -2.10. The fourth-order valence-electron chi connectivity index (χ4n) is 1.29. The first-order valence-corrected chi connectivity index (χ1v) is 6.78. The molecule has 0 N–H and O–H groups in total. The third kappa shape index (κ3) is 6.28. The summed E-state index contributed by atoms with van der Waals surface area (Å²) < 4.78 is 16.5. The van der Waals surface area contributed by atoms with Gasteiger partial charge in [-0.3, -0.25) is 0 Å². The number of methoxy groups -OCH3 is 1. The van der Waals surface area contributed by atoms with Gasteiger partial charge >= 0.3 is 0 Å². The molecule has 0 aromatic carbocycles. The molecule has 0 radical (unpaired) electrons. The van der Waals surface area contributed by atoms with E-state index in [0.717, 1.165) is 29.9 Å². The van der Waals surface area contributed by atoms with Gasteiger partial charge in [0.15, 0.2) is 0 Å². The fraction of sp³-hybridized carbons (Fsp3) is 0.667. The van der Waals surface area contributed by atoms with E-state index in [9.17, 15) is 0 Å². The lowest BCUT2D eigenvalue weighted by molar-refractivity contribution is 0.0794. The molecular formula is C12H19BrN2O3. The number of hydrogen-bond acceptors (Lipinski definition) is 5. The number of hydrogen-bond donors (Lipinski definition) is 0. The Kier molecular flexibility index (Phi) is 7.88. The first kappa shape index (κ1) is 15.3. The normalized spacial score (nSPS) is 10.6. The van der Waals surface area contributed by atoms with Crippen LogP contribution in [0.3, 0.4) is 0 Å². The van der Waals surface area contributed by atoms with Crippen LogP contribution in [0.5, 0.6) is 5.88 Å². The van der Waals surface area contributed by atoms with E-state index in [1.54, 1.807) is 13.2 Å². The second kappa shape index (κ2) is 9.24. The Morgan fingerprint density at radius 3 is 2.72 bits per heavy atom. The molecule has 0 aliphatic heterocycles. The first-order chi connectivity index (χ1) is 8.76. The van der Waals surface area contributed by atoms with Gasteiger partial charge in [0.2, 0.25) is 5.88 Å². The SMILES string of the molecule is CCc1nc(Br)cc(OCCOCCCOC)n1. The van der Waals surface area contributed by atoms with Crippen LogP contribution in [0, 0.1) is 0 Å². The van der Waals surface area contributed by atoms with Crippen LogP contribution in [-0.2, 0) is 15.9 Å². The highest BCUT2D eigenvalue weighted by molar-refractivity contribution is 9.10. The van der Waals surface area contributed by atoms with Gasteiger partial charge in [-0.05, 0) is 22.4 Å². The van der Waals surface area contributed by atoms with Crippen LogP contribution in [0.4, 0.5) is 0 Å². The van der Waals surface area contributed by atoms with Crippen LogP contribution in [0.25, 0.3) is 0 Å². The van der Waals surface area contributed by atoms with Crippen LogP contribution in [0.2, 0.25) is 0 Å². The van der Waals surface area contributed by atoms with E-state index in [-0.39, 0.29) is 0 Å². The van der Waals surface area contributed by atoms with Gasteiger partial charge in [-0.2, -0.15) is 4.98 Å². The molecular weight excluding hydrogens is 300 g/mol. The maximum atomic E-state index is 5.50. The largest absolute Gasteiger partial charge is 0.475 e. The van der Waals surface area contributed by atoms with Gasteiger partial charge in [-0.15, -0.1) is 0 Å². The molecule has 102 valence electrons. The number of ether oxygens (including phenoxy) is 3. The molecule has 1 aromatic rings. The summed E-state index contributed by atoms with van der Waals surface area (Å²) in [6.45, 7) is 4.45. The standard InChI is InChI=1S/C12H19BrN2O3/c1-3-11-14-10(13)9-12(15-11)18-8-7-17-6-4-5-16-2/h9H,3-8H2,1-2H3. The molecule has 0 aliphatic carbocycles. The number of aryl methyl sites for hydroxylation is 1. The highest BCUT2D eigenvalue weighted by Gasteiger charge is 2.02. The van der Waals surface area contributed by atoms with E-state index in [0.29, 0.717) is 25.7 Å². The van der Waals surface area contributed by atoms with Crippen LogP contribution < -0.4 is 4.74 Å². The monoisotopic (exact) mass is 318 g/mol. The van der Waals surface area contributed by atoms with Crippen molar-refractivity contribution in [2.75, 3.05) is 33.5 Å². The van der Waals surface area contributed by atoms with E-state index >= 15 is 0 Å². The Bertz CT molecular complexity index is 350. The van der Waals surface area contributed by atoms with E-state index < -0.39 is 0 Å². The lowest BCUT2D eigenvalue weighted by atomic mass is 10.4. The zero-order chi connectivity index (χ0) is 13.2. The molecule has 6 heteroatoms. The van der Waals surface area contributed by atoms with Gasteiger partial charge in [-0.1, -0.05) is 6.92 Å². The van der Waals surface area contributed by atoms with Crippen molar-refractivity contribution in [2.45, 2.75) is 19.8 Å². The highest BCUT2D eigenvalue weighted by Crippen LogP contribution is 2.14. The minimum Gasteiger partial charge on any atom is -0.475 e. The Labute approximate surface area is 116 Å². The molecule has 1 aromatic heterocycles. The smallest absolute Gasteiger partial charge is 0.217 e. The van der Waals surface area contributed by atoms with Crippen molar-refractivity contribution in [3.05, 3.63) is 16.5 Å². The van der Waals surface area contributed by atoms with Crippen LogP contribution in [0.15, 0.2) is 10.7 Å². The quantitative estimate of drug-likeness (QED) is 0.516. The molecule has 0 atom stereocenters. The van der Waals surface area contributed by atoms with Crippen LogP contribution in [-0.4, -0.2) is 43.5 Å². The van der Waals surface area contributed by atoms with Crippen LogP contribution >= 0.6 is 15.9 Å². The van der Waals surface area contributed by atoms with E-state index in [1.165, 1.54) is 0 Å². The van der Waals surface area contributed by atoms with Gasteiger partial charge in [0.1, 0.15) is 17.0 Å². The molecule has 0 unspecified atom stereocenters. The molecule has 0 saturated carbocycles. The lowest BCUT2D eigenvalue weighted by Gasteiger charge is -2.07.